The van der Waals surface area contributed by atoms with Gasteiger partial charge in [0.2, 0.25) is 0 Å². The van der Waals surface area contributed by atoms with Gasteiger partial charge in [0.15, 0.2) is 0 Å². The van der Waals surface area contributed by atoms with E-state index >= 15 is 0 Å². The van der Waals surface area contributed by atoms with Crippen molar-refractivity contribution >= 4 is 23.4 Å². The smallest absolute Gasteiger partial charge is 0.407 e. The second-order valence-corrected chi connectivity index (χ2v) is 7.21. The molecule has 8 heteroatoms. The summed E-state index contributed by atoms with van der Waals surface area (Å²) in [6.07, 6.45) is -0.518. The predicted molar refractivity (Wildman–Crippen MR) is 105 cm³/mol. The number of nitrogens with zero attached hydrogens (tertiary/aromatic N) is 1. The lowest BCUT2D eigenvalue weighted by Gasteiger charge is -2.19. The first-order chi connectivity index (χ1) is 13.1. The van der Waals surface area contributed by atoms with Gasteiger partial charge in [-0.3, -0.25) is 14.9 Å². The highest BCUT2D eigenvalue weighted by Gasteiger charge is 2.17. The van der Waals surface area contributed by atoms with Crippen LogP contribution in [0.2, 0.25) is 0 Å². The first kappa shape index (κ1) is 20.9. The van der Waals surface area contributed by atoms with Crippen molar-refractivity contribution in [1.29, 1.82) is 0 Å². The maximum absolute atomic E-state index is 12.4. The lowest BCUT2D eigenvalue weighted by molar-refractivity contribution is -0.385. The van der Waals surface area contributed by atoms with Crippen molar-refractivity contribution < 1.29 is 19.2 Å². The molecule has 148 valence electrons. The Bertz CT molecular complexity index is 886. The molecule has 0 aromatic heterocycles. The molecule has 2 aromatic rings. The van der Waals surface area contributed by atoms with Gasteiger partial charge in [0, 0.05) is 18.2 Å². The van der Waals surface area contributed by atoms with Gasteiger partial charge >= 0.3 is 6.09 Å². The van der Waals surface area contributed by atoms with Crippen LogP contribution in [0.3, 0.4) is 0 Å². The number of alkyl carbamates (subject to hydrolysis) is 1. The number of nitro groups is 1. The van der Waals surface area contributed by atoms with Crippen LogP contribution in [0.4, 0.5) is 16.2 Å². The molecule has 0 aliphatic carbocycles. The molecule has 0 spiro atoms. The molecule has 28 heavy (non-hydrogen) atoms. The van der Waals surface area contributed by atoms with Gasteiger partial charge in [-0.1, -0.05) is 18.2 Å². The van der Waals surface area contributed by atoms with Crippen molar-refractivity contribution in [2.45, 2.75) is 39.8 Å². The number of rotatable bonds is 5. The van der Waals surface area contributed by atoms with E-state index in [9.17, 15) is 19.7 Å². The van der Waals surface area contributed by atoms with Crippen molar-refractivity contribution in [3.63, 3.8) is 0 Å². The second-order valence-electron chi connectivity index (χ2n) is 7.21. The first-order valence-corrected chi connectivity index (χ1v) is 8.68. The highest BCUT2D eigenvalue weighted by Crippen LogP contribution is 2.25. The average molecular weight is 385 g/mol. The van der Waals surface area contributed by atoms with Crippen LogP contribution in [0.15, 0.2) is 42.5 Å². The minimum atomic E-state index is -0.573. The van der Waals surface area contributed by atoms with E-state index in [4.69, 9.17) is 4.74 Å². The highest BCUT2D eigenvalue weighted by molar-refractivity contribution is 6.04. The van der Waals surface area contributed by atoms with E-state index < -0.39 is 16.6 Å². The van der Waals surface area contributed by atoms with Gasteiger partial charge in [0.25, 0.3) is 11.6 Å². The van der Waals surface area contributed by atoms with Crippen molar-refractivity contribution in [2.24, 2.45) is 0 Å². The Kier molecular flexibility index (Phi) is 6.35. The van der Waals surface area contributed by atoms with Gasteiger partial charge in [0.1, 0.15) is 5.60 Å². The molecule has 2 rings (SSSR count). The van der Waals surface area contributed by atoms with Crippen molar-refractivity contribution in [3.8, 4) is 0 Å². The third-order valence-corrected chi connectivity index (χ3v) is 3.80. The molecule has 8 nitrogen and oxygen atoms in total. The molecular weight excluding hydrogens is 362 g/mol. The Morgan fingerprint density at radius 1 is 1.11 bits per heavy atom. The summed E-state index contributed by atoms with van der Waals surface area (Å²) in [5.41, 5.74) is 1.34. The molecule has 0 saturated carbocycles. The van der Waals surface area contributed by atoms with Gasteiger partial charge in [-0.15, -0.1) is 0 Å². The van der Waals surface area contributed by atoms with Gasteiger partial charge in [-0.25, -0.2) is 4.79 Å². The maximum atomic E-state index is 12.4. The zero-order valence-corrected chi connectivity index (χ0v) is 16.2. The number of carbonyl (C=O) groups is 2. The standard InChI is InChI=1S/C20H23N3O5/c1-13-16(6-5-7-17(13)23(26)27)22-18(24)15-10-8-14(9-11-15)12-21-19(25)28-20(2,3)4/h5-11H,12H2,1-4H3,(H,21,25)(H,22,24). The Balaban J connectivity index is 2.00. The van der Waals surface area contributed by atoms with Crippen LogP contribution < -0.4 is 10.6 Å². The number of nitrogens with one attached hydrogen (secondary N) is 2. The highest BCUT2D eigenvalue weighted by atomic mass is 16.6. The largest absolute Gasteiger partial charge is 0.444 e. The molecule has 0 saturated heterocycles. The summed E-state index contributed by atoms with van der Waals surface area (Å²) in [5.74, 6) is -0.379. The molecule has 0 radical (unpaired) electrons. The number of hydrogen-bond donors (Lipinski definition) is 2. The van der Waals surface area contributed by atoms with E-state index in [1.807, 2.05) is 0 Å². The third-order valence-electron chi connectivity index (χ3n) is 3.80. The van der Waals surface area contributed by atoms with Crippen LogP contribution in [0.5, 0.6) is 0 Å². The molecule has 0 fully saturated rings. The lowest BCUT2D eigenvalue weighted by Crippen LogP contribution is -2.32. The van der Waals surface area contributed by atoms with Crippen molar-refractivity contribution in [2.75, 3.05) is 5.32 Å². The maximum Gasteiger partial charge on any atom is 0.407 e. The SMILES string of the molecule is Cc1c(NC(=O)c2ccc(CNC(=O)OC(C)(C)C)cc2)cccc1[N+](=O)[O-]. The van der Waals surface area contributed by atoms with Crippen molar-refractivity contribution in [1.82, 2.24) is 5.32 Å². The lowest BCUT2D eigenvalue weighted by atomic mass is 10.1. The number of hydrogen-bond acceptors (Lipinski definition) is 5. The predicted octanol–water partition coefficient (Wildman–Crippen LogP) is 4.18. The molecule has 0 aliphatic heterocycles. The number of nitro benzene ring substituents is 1. The fraction of sp³-hybridized carbons (Fsp3) is 0.300. The Morgan fingerprint density at radius 3 is 2.32 bits per heavy atom. The van der Waals surface area contributed by atoms with Crippen LogP contribution in [0.25, 0.3) is 0 Å². The van der Waals surface area contributed by atoms with Gasteiger partial charge in [-0.2, -0.15) is 0 Å². The van der Waals surface area contributed by atoms with E-state index in [0.29, 0.717) is 16.8 Å². The third kappa shape index (κ3) is 5.80. The number of amides is 2. The molecule has 0 heterocycles. The molecule has 0 aliphatic rings. The van der Waals surface area contributed by atoms with E-state index in [2.05, 4.69) is 10.6 Å². The van der Waals surface area contributed by atoms with Crippen LogP contribution in [0.1, 0.15) is 42.3 Å². The summed E-state index contributed by atoms with van der Waals surface area (Å²) in [4.78, 5) is 34.6. The van der Waals surface area contributed by atoms with Crippen LogP contribution in [0, 0.1) is 17.0 Å². The summed E-state index contributed by atoms with van der Waals surface area (Å²) in [6, 6.07) is 11.2. The fourth-order valence-corrected chi connectivity index (χ4v) is 2.41. The first-order valence-electron chi connectivity index (χ1n) is 8.68. The average Bonchev–Trinajstić information content (AvgIpc) is 2.60. The van der Waals surface area contributed by atoms with E-state index in [1.165, 1.54) is 12.1 Å². The zero-order chi connectivity index (χ0) is 20.9. The monoisotopic (exact) mass is 385 g/mol. The summed E-state index contributed by atoms with van der Waals surface area (Å²) in [6.45, 7) is 7.19. The number of benzene rings is 2. The molecule has 2 N–H and O–H groups in total. The zero-order valence-electron chi connectivity index (χ0n) is 16.2. The van der Waals surface area contributed by atoms with Gasteiger partial charge in [0.05, 0.1) is 16.2 Å². The fourth-order valence-electron chi connectivity index (χ4n) is 2.41. The molecule has 0 unspecified atom stereocenters. The molecule has 2 aromatic carbocycles. The quantitative estimate of drug-likeness (QED) is 0.592. The Hall–Kier alpha value is -3.42. The van der Waals surface area contributed by atoms with Crippen LogP contribution in [-0.4, -0.2) is 22.5 Å². The second kappa shape index (κ2) is 8.51. The van der Waals surface area contributed by atoms with Crippen molar-refractivity contribution in [3.05, 3.63) is 69.3 Å². The van der Waals surface area contributed by atoms with Crippen LogP contribution >= 0.6 is 0 Å². The van der Waals surface area contributed by atoms with E-state index in [1.54, 1.807) is 58.0 Å². The minimum Gasteiger partial charge on any atom is -0.444 e. The molecule has 0 bridgehead atoms. The van der Waals surface area contributed by atoms with Gasteiger partial charge in [-0.05, 0) is 51.5 Å². The van der Waals surface area contributed by atoms with Gasteiger partial charge < -0.3 is 15.4 Å². The summed E-state index contributed by atoms with van der Waals surface area (Å²) < 4.78 is 5.16. The molecular formula is C20H23N3O5. The Labute approximate surface area is 163 Å². The minimum absolute atomic E-state index is 0.0543. The summed E-state index contributed by atoms with van der Waals surface area (Å²) >= 11 is 0. The van der Waals surface area contributed by atoms with E-state index in [-0.39, 0.29) is 18.1 Å². The van der Waals surface area contributed by atoms with E-state index in [0.717, 1.165) is 5.56 Å². The normalized spacial score (nSPS) is 10.9. The van der Waals surface area contributed by atoms with Crippen LogP contribution in [-0.2, 0) is 11.3 Å². The Morgan fingerprint density at radius 2 is 1.75 bits per heavy atom. The molecule has 0 atom stereocenters. The topological polar surface area (TPSA) is 111 Å². The molecule has 2 amide bonds. The number of anilines is 1. The summed E-state index contributed by atoms with van der Waals surface area (Å²) in [5, 5.41) is 16.3. The number of carbonyl (C=O) groups excluding carboxylic acids is 2. The summed E-state index contributed by atoms with van der Waals surface area (Å²) in [7, 11) is 0. The number of ether oxygens (including phenoxy) is 1.